The van der Waals surface area contributed by atoms with Crippen molar-refractivity contribution < 1.29 is 25.2 Å². The van der Waals surface area contributed by atoms with E-state index >= 15 is 0 Å². The van der Waals surface area contributed by atoms with Crippen molar-refractivity contribution in [3.05, 3.63) is 95.6 Å². The molecular formula is C24H26F6P2. The molecule has 0 radical (unpaired) electrons. The van der Waals surface area contributed by atoms with E-state index in [1.54, 1.807) is 21.7 Å². The minimum absolute atomic E-state index is 0.643. The Morgan fingerprint density at radius 2 is 1.22 bits per heavy atom. The molecule has 0 bridgehead atoms. The van der Waals surface area contributed by atoms with Crippen LogP contribution in [0.15, 0.2) is 78.9 Å². The molecule has 0 aliphatic carbocycles. The van der Waals surface area contributed by atoms with Crippen molar-refractivity contribution in [2.24, 2.45) is 0 Å². The molecule has 4 rings (SSSR count). The molecule has 0 saturated carbocycles. The average Bonchev–Trinajstić information content (AvgIpc) is 2.84. The maximum absolute atomic E-state index is 10.7. The van der Waals surface area contributed by atoms with E-state index in [0.29, 0.717) is 5.92 Å². The second-order valence-electron chi connectivity index (χ2n) is 8.37. The molecule has 1 unspecified atom stereocenters. The second-order valence-corrected chi connectivity index (χ2v) is 14.0. The fourth-order valence-electron chi connectivity index (χ4n) is 4.31. The first-order valence-electron chi connectivity index (χ1n) is 10.3. The maximum atomic E-state index is 9.87. The van der Waals surface area contributed by atoms with Gasteiger partial charge in [-0.1, -0.05) is 67.1 Å². The third-order valence-corrected chi connectivity index (χ3v) is 10.2. The number of benzene rings is 3. The monoisotopic (exact) mass is 490 g/mol. The van der Waals surface area contributed by atoms with E-state index in [9.17, 15) is 25.2 Å². The summed E-state index contributed by atoms with van der Waals surface area (Å²) in [6.07, 6.45) is 3.77. The van der Waals surface area contributed by atoms with E-state index in [1.807, 2.05) is 0 Å². The van der Waals surface area contributed by atoms with Gasteiger partial charge in [0.25, 0.3) is 0 Å². The zero-order valence-corrected chi connectivity index (χ0v) is 19.7. The van der Waals surface area contributed by atoms with Crippen LogP contribution in [0, 0.1) is 6.92 Å². The van der Waals surface area contributed by atoms with Crippen LogP contribution in [0.5, 0.6) is 0 Å². The summed E-state index contributed by atoms with van der Waals surface area (Å²) in [7, 11) is -12.1. The topological polar surface area (TPSA) is 0 Å². The first-order chi connectivity index (χ1) is 14.6. The summed E-state index contributed by atoms with van der Waals surface area (Å²) in [5.41, 5.74) is 4.53. The quantitative estimate of drug-likeness (QED) is 0.248. The van der Waals surface area contributed by atoms with Gasteiger partial charge in [-0.2, -0.15) is 0 Å². The van der Waals surface area contributed by atoms with Crippen LogP contribution in [-0.2, 0) is 6.16 Å². The SMILES string of the molecule is Cc1ccc2c(c1)C[P+](c1ccccc1)(c1ccccc1)CCC2C.F[P-](F)(F)(F)(F)F. The molecule has 1 heterocycles. The van der Waals surface area contributed by atoms with Crippen molar-refractivity contribution in [3.63, 3.8) is 0 Å². The first-order valence-corrected chi connectivity index (χ1v) is 14.5. The molecule has 1 atom stereocenters. The molecule has 0 N–H and O–H groups in total. The van der Waals surface area contributed by atoms with Gasteiger partial charge in [0.15, 0.2) is 0 Å². The molecular weight excluding hydrogens is 464 g/mol. The molecule has 3 aromatic carbocycles. The summed E-state index contributed by atoms with van der Waals surface area (Å²) >= 11 is 0. The predicted octanol–water partition coefficient (Wildman–Crippen LogP) is 9.05. The van der Waals surface area contributed by atoms with Crippen LogP contribution < -0.4 is 10.6 Å². The van der Waals surface area contributed by atoms with Crippen molar-refractivity contribution >= 4 is 25.7 Å². The van der Waals surface area contributed by atoms with E-state index in [4.69, 9.17) is 0 Å². The van der Waals surface area contributed by atoms with Gasteiger partial charge in [-0.3, -0.25) is 0 Å². The molecule has 0 spiro atoms. The van der Waals surface area contributed by atoms with Crippen molar-refractivity contribution in [1.82, 2.24) is 0 Å². The van der Waals surface area contributed by atoms with Crippen LogP contribution in [0.25, 0.3) is 0 Å². The molecule has 8 heteroatoms. The van der Waals surface area contributed by atoms with Crippen molar-refractivity contribution in [2.75, 3.05) is 6.16 Å². The summed E-state index contributed by atoms with van der Waals surface area (Å²) in [6.45, 7) is 4.63. The van der Waals surface area contributed by atoms with Crippen LogP contribution in [0.2, 0.25) is 0 Å². The van der Waals surface area contributed by atoms with Crippen LogP contribution >= 0.6 is 15.1 Å². The fourth-order valence-corrected chi connectivity index (χ4v) is 8.82. The Kier molecular flexibility index (Phi) is 6.30. The van der Waals surface area contributed by atoms with Crippen LogP contribution in [0.1, 0.15) is 36.0 Å². The molecule has 3 aromatic rings. The van der Waals surface area contributed by atoms with E-state index in [0.717, 1.165) is 0 Å². The van der Waals surface area contributed by atoms with Gasteiger partial charge in [0, 0.05) is 0 Å². The Morgan fingerprint density at radius 1 is 0.750 bits per heavy atom. The zero-order chi connectivity index (χ0) is 23.7. The van der Waals surface area contributed by atoms with Gasteiger partial charge in [-0.25, -0.2) is 0 Å². The number of rotatable bonds is 2. The normalized spacial score (nSPS) is 19.9. The number of hydrogen-bond donors (Lipinski definition) is 0. The summed E-state index contributed by atoms with van der Waals surface area (Å²) in [5.74, 6) is 0.643. The van der Waals surface area contributed by atoms with E-state index in [2.05, 4.69) is 92.7 Å². The molecule has 0 amide bonds. The van der Waals surface area contributed by atoms with Crippen molar-refractivity contribution in [3.8, 4) is 0 Å². The minimum atomic E-state index is -10.7. The van der Waals surface area contributed by atoms with Crippen LogP contribution in [0.4, 0.5) is 25.2 Å². The molecule has 0 aromatic heterocycles. The summed E-state index contributed by atoms with van der Waals surface area (Å²) in [5, 5.41) is 3.12. The summed E-state index contributed by atoms with van der Waals surface area (Å²) < 4.78 is 59.2. The Labute approximate surface area is 185 Å². The number of halogens is 6. The third kappa shape index (κ3) is 7.05. The molecule has 0 nitrogen and oxygen atoms in total. The Morgan fingerprint density at radius 3 is 1.69 bits per heavy atom. The Balaban J connectivity index is 0.000000360. The van der Waals surface area contributed by atoms with Gasteiger partial charge < -0.3 is 0 Å². The molecule has 1 aliphatic rings. The van der Waals surface area contributed by atoms with Gasteiger partial charge in [-0.15, -0.1) is 0 Å². The molecule has 0 fully saturated rings. The number of hydrogen-bond acceptors (Lipinski definition) is 0. The number of fused-ring (bicyclic) bond motifs is 1. The van der Waals surface area contributed by atoms with E-state index < -0.39 is 15.1 Å². The van der Waals surface area contributed by atoms with Gasteiger partial charge in [0.05, 0.1) is 30.2 Å². The third-order valence-electron chi connectivity index (χ3n) is 5.71. The number of aryl methyl sites for hydroxylation is 1. The fraction of sp³-hybridized carbons (Fsp3) is 0.250. The van der Waals surface area contributed by atoms with Crippen molar-refractivity contribution in [1.29, 1.82) is 0 Å². The van der Waals surface area contributed by atoms with Crippen LogP contribution in [0.3, 0.4) is 0 Å². The van der Waals surface area contributed by atoms with Crippen molar-refractivity contribution in [2.45, 2.75) is 32.3 Å². The predicted molar refractivity (Wildman–Crippen MR) is 125 cm³/mol. The first kappa shape index (κ1) is 24.7. The molecule has 32 heavy (non-hydrogen) atoms. The Bertz CT molecular complexity index is 1010. The second kappa shape index (κ2) is 8.15. The standard InChI is InChI=1S/C24H26P.F6P/c1-19-13-14-24-20(2)15-16-25(18-21(24)17-19,22-9-5-3-6-10-22)23-11-7-4-8-12-23;1-7(2,3,4,5)6/h3-14,17,20H,15-16,18H2,1-2H3;/q+1;-1. The van der Waals surface area contributed by atoms with E-state index in [1.165, 1.54) is 24.3 Å². The summed E-state index contributed by atoms with van der Waals surface area (Å²) in [6, 6.07) is 29.7. The van der Waals surface area contributed by atoms with Crippen LogP contribution in [-0.4, -0.2) is 6.16 Å². The van der Waals surface area contributed by atoms with Gasteiger partial charge in [0.2, 0.25) is 0 Å². The van der Waals surface area contributed by atoms with Gasteiger partial charge >= 0.3 is 33.0 Å². The molecule has 0 saturated heterocycles. The molecule has 1 aliphatic heterocycles. The van der Waals surface area contributed by atoms with Gasteiger partial charge in [0.1, 0.15) is 0 Å². The summed E-state index contributed by atoms with van der Waals surface area (Å²) in [4.78, 5) is 0. The Hall–Kier alpha value is -1.90. The molecule has 174 valence electrons. The van der Waals surface area contributed by atoms with Gasteiger partial charge in [-0.05, 0) is 54.7 Å². The average molecular weight is 490 g/mol. The van der Waals surface area contributed by atoms with E-state index in [-0.39, 0.29) is 0 Å². The zero-order valence-electron chi connectivity index (χ0n) is 17.9.